The summed E-state index contributed by atoms with van der Waals surface area (Å²) in [6.45, 7) is 1.73. The van der Waals surface area contributed by atoms with Gasteiger partial charge in [-0.15, -0.1) is 0 Å². The lowest BCUT2D eigenvalue weighted by Gasteiger charge is -2.21. The number of para-hydroxylation sites is 1. The highest BCUT2D eigenvalue weighted by Gasteiger charge is 2.19. The van der Waals surface area contributed by atoms with E-state index in [1.165, 1.54) is 11.0 Å². The van der Waals surface area contributed by atoms with Crippen molar-refractivity contribution in [3.05, 3.63) is 93.2 Å². The van der Waals surface area contributed by atoms with E-state index < -0.39 is 5.91 Å². The van der Waals surface area contributed by atoms with Crippen molar-refractivity contribution < 1.29 is 19.1 Å². The first-order chi connectivity index (χ1) is 19.6. The molecule has 0 aliphatic heterocycles. The van der Waals surface area contributed by atoms with Gasteiger partial charge in [-0.05, 0) is 55.0 Å². The van der Waals surface area contributed by atoms with E-state index in [0.29, 0.717) is 27.6 Å². The average molecular weight is 594 g/mol. The smallest absolute Gasteiger partial charge is 0.251 e. The van der Waals surface area contributed by atoms with Crippen LogP contribution in [0.4, 0.5) is 5.69 Å². The number of imidazole rings is 1. The van der Waals surface area contributed by atoms with Gasteiger partial charge in [-0.3, -0.25) is 14.4 Å². The van der Waals surface area contributed by atoms with Crippen LogP contribution in [-0.2, 0) is 23.2 Å². The molecule has 0 saturated carbocycles. The molecule has 0 fully saturated rings. The third kappa shape index (κ3) is 6.70. The van der Waals surface area contributed by atoms with Crippen LogP contribution in [0, 0.1) is 6.92 Å². The molecule has 0 spiro atoms. The van der Waals surface area contributed by atoms with E-state index in [-0.39, 0.29) is 30.0 Å². The Morgan fingerprint density at radius 2 is 1.80 bits per heavy atom. The largest absolute Gasteiger partial charge is 0.486 e. The van der Waals surface area contributed by atoms with Gasteiger partial charge in [0.1, 0.15) is 23.7 Å². The number of likely N-dealkylation sites (N-methyl/N-ethyl adjacent to an activating group) is 1. The molecular weight excluding hydrogens is 565 g/mol. The molecule has 212 valence electrons. The average Bonchev–Trinajstić information content (AvgIpc) is 3.27. The molecule has 0 aliphatic carbocycles. The summed E-state index contributed by atoms with van der Waals surface area (Å²) < 4.78 is 8.04. The molecule has 3 amide bonds. The maximum atomic E-state index is 12.9. The molecule has 4 rings (SSSR count). The van der Waals surface area contributed by atoms with Crippen LogP contribution < -0.4 is 20.3 Å². The quantitative estimate of drug-likeness (QED) is 0.268. The van der Waals surface area contributed by atoms with Crippen molar-refractivity contribution in [1.29, 1.82) is 0 Å². The van der Waals surface area contributed by atoms with E-state index in [0.717, 1.165) is 22.4 Å². The second kappa shape index (κ2) is 12.9. The van der Waals surface area contributed by atoms with Gasteiger partial charge >= 0.3 is 0 Å². The van der Waals surface area contributed by atoms with Crippen LogP contribution in [0.5, 0.6) is 5.75 Å². The first kappa shape index (κ1) is 29.6. The van der Waals surface area contributed by atoms with Crippen LogP contribution >= 0.6 is 23.2 Å². The molecule has 0 bridgehead atoms. The van der Waals surface area contributed by atoms with Crippen LogP contribution in [0.1, 0.15) is 27.3 Å². The number of halogens is 2. The third-order valence-electron chi connectivity index (χ3n) is 6.61. The lowest BCUT2D eigenvalue weighted by atomic mass is 10.1. The minimum absolute atomic E-state index is 0.0634. The number of rotatable bonds is 9. The minimum atomic E-state index is -0.447. The summed E-state index contributed by atoms with van der Waals surface area (Å²) >= 11 is 13.1. The molecule has 11 heteroatoms. The summed E-state index contributed by atoms with van der Waals surface area (Å²) in [7, 11) is 5.06. The molecule has 0 unspecified atom stereocenters. The first-order valence-electron chi connectivity index (χ1n) is 12.7. The molecule has 3 aromatic carbocycles. The number of aromatic nitrogens is 2. The summed E-state index contributed by atoms with van der Waals surface area (Å²) in [5.74, 6) is 0.419. The molecule has 2 N–H and O–H groups in total. The number of anilines is 1. The fourth-order valence-corrected chi connectivity index (χ4v) is 4.69. The number of fused-ring (bicyclic) bond motifs is 1. The second-order valence-corrected chi connectivity index (χ2v) is 9.98. The van der Waals surface area contributed by atoms with Gasteiger partial charge in [0.25, 0.3) is 5.91 Å². The summed E-state index contributed by atoms with van der Waals surface area (Å²) in [6.07, 6.45) is 2.91. The van der Waals surface area contributed by atoms with Crippen LogP contribution in [0.15, 0.2) is 60.7 Å². The molecule has 1 heterocycles. The SMILES string of the molecule is CNC(=O)c1ccc(/C=C/C(=O)NCC(=O)N(C)c2ccc(Cl)c(COc3cccc4c3nc(C)n4C)c2Cl)cc1. The van der Waals surface area contributed by atoms with E-state index in [4.69, 9.17) is 27.9 Å². The maximum Gasteiger partial charge on any atom is 0.251 e. The number of aryl methyl sites for hydroxylation is 2. The molecule has 0 saturated heterocycles. The third-order valence-corrected chi connectivity index (χ3v) is 7.39. The van der Waals surface area contributed by atoms with E-state index in [9.17, 15) is 14.4 Å². The molecule has 4 aromatic rings. The minimum Gasteiger partial charge on any atom is -0.486 e. The van der Waals surface area contributed by atoms with Crippen molar-refractivity contribution in [1.82, 2.24) is 20.2 Å². The van der Waals surface area contributed by atoms with Gasteiger partial charge in [-0.25, -0.2) is 4.98 Å². The van der Waals surface area contributed by atoms with Crippen molar-refractivity contribution in [2.45, 2.75) is 13.5 Å². The Morgan fingerprint density at radius 3 is 2.51 bits per heavy atom. The molecule has 0 radical (unpaired) electrons. The number of nitrogens with zero attached hydrogens (tertiary/aromatic N) is 3. The topological polar surface area (TPSA) is 106 Å². The fourth-order valence-electron chi connectivity index (χ4n) is 4.08. The zero-order valence-corrected chi connectivity index (χ0v) is 24.5. The Bertz CT molecular complexity index is 1650. The van der Waals surface area contributed by atoms with Gasteiger partial charge in [0.05, 0.1) is 22.8 Å². The normalized spacial score (nSPS) is 11.1. The van der Waals surface area contributed by atoms with Crippen LogP contribution in [-0.4, -0.2) is 47.9 Å². The van der Waals surface area contributed by atoms with Crippen molar-refractivity contribution in [3.8, 4) is 5.75 Å². The van der Waals surface area contributed by atoms with Crippen molar-refractivity contribution in [2.75, 3.05) is 25.5 Å². The summed E-state index contributed by atoms with van der Waals surface area (Å²) in [6, 6.07) is 15.7. The molecule has 1 aromatic heterocycles. The highest BCUT2D eigenvalue weighted by molar-refractivity contribution is 6.38. The number of carbonyl (C=O) groups is 3. The van der Waals surface area contributed by atoms with Gasteiger partial charge < -0.3 is 24.8 Å². The second-order valence-electron chi connectivity index (χ2n) is 9.19. The van der Waals surface area contributed by atoms with E-state index in [2.05, 4.69) is 15.6 Å². The van der Waals surface area contributed by atoms with E-state index in [1.807, 2.05) is 36.7 Å². The predicted octanol–water partition coefficient (Wildman–Crippen LogP) is 4.92. The Hall–Kier alpha value is -4.34. The van der Waals surface area contributed by atoms with E-state index >= 15 is 0 Å². The Kier molecular flexibility index (Phi) is 9.31. The lowest BCUT2D eigenvalue weighted by molar-refractivity contribution is -0.122. The van der Waals surface area contributed by atoms with Crippen LogP contribution in [0.25, 0.3) is 17.1 Å². The molecule has 9 nitrogen and oxygen atoms in total. The number of ether oxygens (including phenoxy) is 1. The zero-order valence-electron chi connectivity index (χ0n) is 23.0. The number of amides is 3. The summed E-state index contributed by atoms with van der Waals surface area (Å²) in [5.41, 5.74) is 3.85. The Morgan fingerprint density at radius 1 is 1.07 bits per heavy atom. The predicted molar refractivity (Wildman–Crippen MR) is 162 cm³/mol. The monoisotopic (exact) mass is 593 g/mol. The number of carbonyl (C=O) groups excluding carboxylic acids is 3. The van der Waals surface area contributed by atoms with Gasteiger partial charge in [-0.1, -0.05) is 41.4 Å². The van der Waals surface area contributed by atoms with Gasteiger partial charge in [-0.2, -0.15) is 0 Å². The van der Waals surface area contributed by atoms with Gasteiger partial charge in [0.2, 0.25) is 11.8 Å². The highest BCUT2D eigenvalue weighted by Crippen LogP contribution is 2.35. The van der Waals surface area contributed by atoms with E-state index in [1.54, 1.807) is 56.6 Å². The first-order valence-corrected chi connectivity index (χ1v) is 13.4. The number of nitrogens with one attached hydrogen (secondary N) is 2. The van der Waals surface area contributed by atoms with Crippen molar-refractivity contribution in [3.63, 3.8) is 0 Å². The molecule has 0 aliphatic rings. The number of hydrogen-bond donors (Lipinski definition) is 2. The molecule has 0 atom stereocenters. The standard InChI is InChI=1S/C30H29Cl2N5O4/c1-18-35-29-24(36(18)3)6-5-7-25(29)41-17-21-22(31)13-14-23(28(21)32)37(4)27(39)16-34-26(38)15-10-19-8-11-20(12-9-19)30(40)33-2/h5-15H,16-17H2,1-4H3,(H,33,40)(H,34,38)/b15-10+. The number of hydrogen-bond acceptors (Lipinski definition) is 5. The van der Waals surface area contributed by atoms with Gasteiger partial charge in [0, 0.05) is 43.4 Å². The van der Waals surface area contributed by atoms with Crippen molar-refractivity contribution >= 4 is 63.7 Å². The molecule has 41 heavy (non-hydrogen) atoms. The summed E-state index contributed by atoms with van der Waals surface area (Å²) in [4.78, 5) is 42.8. The zero-order chi connectivity index (χ0) is 29.7. The summed E-state index contributed by atoms with van der Waals surface area (Å²) in [5, 5.41) is 5.78. The van der Waals surface area contributed by atoms with Crippen molar-refractivity contribution in [2.24, 2.45) is 7.05 Å². The van der Waals surface area contributed by atoms with Crippen LogP contribution in [0.2, 0.25) is 10.0 Å². The lowest BCUT2D eigenvalue weighted by Crippen LogP contribution is -2.37. The molecular formula is C30H29Cl2N5O4. The number of benzene rings is 3. The Labute approximate surface area is 247 Å². The highest BCUT2D eigenvalue weighted by atomic mass is 35.5. The maximum absolute atomic E-state index is 12.9. The van der Waals surface area contributed by atoms with Crippen LogP contribution in [0.3, 0.4) is 0 Å². The fraction of sp³-hybridized carbons (Fsp3) is 0.200. The van der Waals surface area contributed by atoms with Gasteiger partial charge in [0.15, 0.2) is 0 Å². The Balaban J connectivity index is 1.39.